The van der Waals surface area contributed by atoms with Gasteiger partial charge < -0.3 is 10.4 Å². The standard InChI is InChI=1S/C17H24N2O5S/c1-3-5-13(17(21)22)11-18-16(20)15-7-6-14(10-12(15)2)19-8-4-9-25(19,23)24/h6-7,10,13H,3-5,8-9,11H2,1-2H3,(H,18,20)(H,21,22). The monoisotopic (exact) mass is 368 g/mol. The third kappa shape index (κ3) is 4.50. The molecule has 25 heavy (non-hydrogen) atoms. The van der Waals surface area contributed by atoms with E-state index in [1.165, 1.54) is 4.31 Å². The zero-order valence-electron chi connectivity index (χ0n) is 14.5. The maximum Gasteiger partial charge on any atom is 0.308 e. The third-order valence-electron chi connectivity index (χ3n) is 4.34. The van der Waals surface area contributed by atoms with Crippen molar-refractivity contribution in [3.8, 4) is 0 Å². The average molecular weight is 368 g/mol. The van der Waals surface area contributed by atoms with Gasteiger partial charge in [0.1, 0.15) is 0 Å². The molecule has 1 fully saturated rings. The number of amides is 1. The number of carboxylic acids is 1. The second-order valence-electron chi connectivity index (χ2n) is 6.27. The molecule has 1 saturated heterocycles. The highest BCUT2D eigenvalue weighted by Gasteiger charge is 2.28. The van der Waals surface area contributed by atoms with Gasteiger partial charge in [0, 0.05) is 18.7 Å². The molecule has 8 heteroatoms. The van der Waals surface area contributed by atoms with Crippen molar-refractivity contribution in [2.45, 2.75) is 33.1 Å². The lowest BCUT2D eigenvalue weighted by Gasteiger charge is -2.18. The highest BCUT2D eigenvalue weighted by molar-refractivity contribution is 7.93. The summed E-state index contributed by atoms with van der Waals surface area (Å²) >= 11 is 0. The lowest BCUT2D eigenvalue weighted by Crippen LogP contribution is -2.33. The summed E-state index contributed by atoms with van der Waals surface area (Å²) < 4.78 is 25.3. The van der Waals surface area contributed by atoms with Crippen LogP contribution < -0.4 is 9.62 Å². The number of hydrogen-bond acceptors (Lipinski definition) is 4. The molecular formula is C17H24N2O5S. The Labute approximate surface area is 148 Å². The Kier molecular flexibility index (Phi) is 6.05. The number of benzene rings is 1. The van der Waals surface area contributed by atoms with Crippen LogP contribution in [0.15, 0.2) is 18.2 Å². The van der Waals surface area contributed by atoms with Gasteiger partial charge in [-0.2, -0.15) is 0 Å². The largest absolute Gasteiger partial charge is 0.481 e. The van der Waals surface area contributed by atoms with Crippen molar-refractivity contribution in [2.24, 2.45) is 5.92 Å². The van der Waals surface area contributed by atoms with Gasteiger partial charge in [0.15, 0.2) is 0 Å². The molecule has 0 saturated carbocycles. The number of nitrogens with one attached hydrogen (secondary N) is 1. The topological polar surface area (TPSA) is 104 Å². The van der Waals surface area contributed by atoms with Crippen LogP contribution in [0.2, 0.25) is 0 Å². The molecule has 1 atom stereocenters. The fraction of sp³-hybridized carbons (Fsp3) is 0.529. The van der Waals surface area contributed by atoms with E-state index >= 15 is 0 Å². The van der Waals surface area contributed by atoms with Crippen molar-refractivity contribution in [3.63, 3.8) is 0 Å². The van der Waals surface area contributed by atoms with E-state index < -0.39 is 21.9 Å². The summed E-state index contributed by atoms with van der Waals surface area (Å²) in [5.74, 6) is -1.74. The van der Waals surface area contributed by atoms with Crippen LogP contribution in [-0.4, -0.2) is 44.2 Å². The fourth-order valence-corrected chi connectivity index (χ4v) is 4.52. The molecule has 1 heterocycles. The van der Waals surface area contributed by atoms with Crippen LogP contribution >= 0.6 is 0 Å². The van der Waals surface area contributed by atoms with E-state index in [0.717, 1.165) is 6.42 Å². The zero-order valence-corrected chi connectivity index (χ0v) is 15.3. The lowest BCUT2D eigenvalue weighted by molar-refractivity contribution is -0.141. The van der Waals surface area contributed by atoms with Crippen LogP contribution in [0.1, 0.15) is 42.1 Å². The smallest absolute Gasteiger partial charge is 0.308 e. The Hall–Kier alpha value is -2.09. The number of aliphatic carboxylic acids is 1. The zero-order chi connectivity index (χ0) is 18.6. The Morgan fingerprint density at radius 1 is 1.36 bits per heavy atom. The average Bonchev–Trinajstić information content (AvgIpc) is 2.90. The molecule has 7 nitrogen and oxygen atoms in total. The van der Waals surface area contributed by atoms with E-state index in [4.69, 9.17) is 5.11 Å². The Bertz CT molecular complexity index is 760. The SMILES string of the molecule is CCCC(CNC(=O)c1ccc(N2CCCS2(=O)=O)cc1C)C(=O)O. The first-order chi connectivity index (χ1) is 11.8. The summed E-state index contributed by atoms with van der Waals surface area (Å²) in [6.45, 7) is 4.16. The molecular weight excluding hydrogens is 344 g/mol. The fourth-order valence-electron chi connectivity index (χ4n) is 2.96. The van der Waals surface area contributed by atoms with Gasteiger partial charge in [-0.15, -0.1) is 0 Å². The van der Waals surface area contributed by atoms with Crippen molar-refractivity contribution >= 4 is 27.6 Å². The minimum absolute atomic E-state index is 0.0731. The summed E-state index contributed by atoms with van der Waals surface area (Å²) in [5, 5.41) is 11.8. The number of nitrogens with zero attached hydrogens (tertiary/aromatic N) is 1. The molecule has 1 amide bonds. The highest BCUT2D eigenvalue weighted by Crippen LogP contribution is 2.26. The van der Waals surface area contributed by atoms with Gasteiger partial charge in [0.05, 0.1) is 17.4 Å². The number of hydrogen-bond donors (Lipinski definition) is 2. The summed E-state index contributed by atoms with van der Waals surface area (Å²) in [6.07, 6.45) is 1.82. The van der Waals surface area contributed by atoms with Crippen molar-refractivity contribution in [3.05, 3.63) is 29.3 Å². The second-order valence-corrected chi connectivity index (χ2v) is 8.29. The molecule has 2 N–H and O–H groups in total. The quantitative estimate of drug-likeness (QED) is 0.763. The number of anilines is 1. The minimum atomic E-state index is -3.26. The predicted octanol–water partition coefficient (Wildman–Crippen LogP) is 1.77. The van der Waals surface area contributed by atoms with E-state index in [2.05, 4.69) is 5.32 Å². The van der Waals surface area contributed by atoms with Crippen molar-refractivity contribution in [1.29, 1.82) is 0 Å². The maximum absolute atomic E-state index is 12.3. The number of aryl methyl sites for hydroxylation is 1. The Balaban J connectivity index is 2.10. The molecule has 0 aliphatic carbocycles. The van der Waals surface area contributed by atoms with Gasteiger partial charge >= 0.3 is 5.97 Å². The maximum atomic E-state index is 12.3. The number of carbonyl (C=O) groups is 2. The van der Waals surface area contributed by atoms with E-state index in [9.17, 15) is 18.0 Å². The van der Waals surface area contributed by atoms with E-state index in [0.29, 0.717) is 36.2 Å². The van der Waals surface area contributed by atoms with Crippen LogP contribution in [0.25, 0.3) is 0 Å². The number of carboxylic acid groups (broad SMARTS) is 1. The van der Waals surface area contributed by atoms with Crippen LogP contribution in [0, 0.1) is 12.8 Å². The number of carbonyl (C=O) groups excluding carboxylic acids is 1. The van der Waals surface area contributed by atoms with Gasteiger partial charge in [-0.3, -0.25) is 13.9 Å². The number of rotatable bonds is 7. The second kappa shape index (κ2) is 7.86. The van der Waals surface area contributed by atoms with Gasteiger partial charge in [-0.25, -0.2) is 8.42 Å². The van der Waals surface area contributed by atoms with Crippen molar-refractivity contribution in [2.75, 3.05) is 23.1 Å². The van der Waals surface area contributed by atoms with Crippen LogP contribution in [-0.2, 0) is 14.8 Å². The molecule has 0 bridgehead atoms. The highest BCUT2D eigenvalue weighted by atomic mass is 32.2. The molecule has 1 aromatic rings. The first-order valence-corrected chi connectivity index (χ1v) is 9.99. The molecule has 0 spiro atoms. The van der Waals surface area contributed by atoms with Crippen LogP contribution in [0.5, 0.6) is 0 Å². The van der Waals surface area contributed by atoms with E-state index in [-0.39, 0.29) is 18.2 Å². The summed E-state index contributed by atoms with van der Waals surface area (Å²) in [5.41, 5.74) is 1.63. The molecule has 2 rings (SSSR count). The Morgan fingerprint density at radius 3 is 2.60 bits per heavy atom. The van der Waals surface area contributed by atoms with Crippen LogP contribution in [0.4, 0.5) is 5.69 Å². The van der Waals surface area contributed by atoms with E-state index in [1.807, 2.05) is 6.92 Å². The molecule has 138 valence electrons. The molecule has 1 aliphatic heterocycles. The molecule has 0 radical (unpaired) electrons. The van der Waals surface area contributed by atoms with Crippen LogP contribution in [0.3, 0.4) is 0 Å². The van der Waals surface area contributed by atoms with Crippen molar-refractivity contribution in [1.82, 2.24) is 5.32 Å². The minimum Gasteiger partial charge on any atom is -0.481 e. The van der Waals surface area contributed by atoms with Gasteiger partial charge in [0.2, 0.25) is 10.0 Å². The summed E-state index contributed by atoms with van der Waals surface area (Å²) in [7, 11) is -3.26. The van der Waals surface area contributed by atoms with Crippen molar-refractivity contribution < 1.29 is 23.1 Å². The van der Waals surface area contributed by atoms with Gasteiger partial charge in [0.25, 0.3) is 5.91 Å². The molecule has 1 aromatic carbocycles. The molecule has 1 unspecified atom stereocenters. The summed E-state index contributed by atoms with van der Waals surface area (Å²) in [6, 6.07) is 4.88. The van der Waals surface area contributed by atoms with Gasteiger partial charge in [-0.05, 0) is 43.5 Å². The first kappa shape index (κ1) is 19.2. The lowest BCUT2D eigenvalue weighted by atomic mass is 10.0. The first-order valence-electron chi connectivity index (χ1n) is 8.38. The molecule has 1 aliphatic rings. The predicted molar refractivity (Wildman–Crippen MR) is 95.3 cm³/mol. The Morgan fingerprint density at radius 2 is 2.08 bits per heavy atom. The molecule has 0 aromatic heterocycles. The van der Waals surface area contributed by atoms with Gasteiger partial charge in [-0.1, -0.05) is 13.3 Å². The summed E-state index contributed by atoms with van der Waals surface area (Å²) in [4.78, 5) is 23.5. The van der Waals surface area contributed by atoms with E-state index in [1.54, 1.807) is 25.1 Å². The third-order valence-corrected chi connectivity index (χ3v) is 6.21. The number of sulfonamides is 1. The normalized spacial score (nSPS) is 17.3.